The van der Waals surface area contributed by atoms with Gasteiger partial charge in [0, 0.05) is 5.69 Å². The highest BCUT2D eigenvalue weighted by atomic mass is 32.2. The van der Waals surface area contributed by atoms with Crippen LogP contribution >= 0.6 is 0 Å². The molecule has 0 atom stereocenters. The van der Waals surface area contributed by atoms with Gasteiger partial charge in [0.1, 0.15) is 12.4 Å². The van der Waals surface area contributed by atoms with Gasteiger partial charge in [-0.1, -0.05) is 6.92 Å². The van der Waals surface area contributed by atoms with E-state index in [-0.39, 0.29) is 12.4 Å². The lowest BCUT2D eigenvalue weighted by molar-refractivity contribution is 0.110. The summed E-state index contributed by atoms with van der Waals surface area (Å²) < 4.78 is 32.0. The van der Waals surface area contributed by atoms with Crippen LogP contribution in [0.5, 0.6) is 5.75 Å². The van der Waals surface area contributed by atoms with Gasteiger partial charge in [-0.2, -0.15) is 0 Å². The van der Waals surface area contributed by atoms with Crippen molar-refractivity contribution in [1.82, 2.24) is 4.98 Å². The molecule has 2 N–H and O–H groups in total. The van der Waals surface area contributed by atoms with Gasteiger partial charge in [0.25, 0.3) is 0 Å². The third kappa shape index (κ3) is 6.51. The highest BCUT2D eigenvalue weighted by Gasteiger charge is 2.04. The molecule has 0 aliphatic rings. The van der Waals surface area contributed by atoms with Crippen LogP contribution in [0.4, 0.5) is 0 Å². The molecule has 0 unspecified atom stereocenters. The van der Waals surface area contributed by atoms with Crippen molar-refractivity contribution in [3.8, 4) is 5.75 Å². The van der Waals surface area contributed by atoms with Crippen molar-refractivity contribution in [2.24, 2.45) is 5.14 Å². The molecule has 1 rings (SSSR count). The van der Waals surface area contributed by atoms with Crippen molar-refractivity contribution < 1.29 is 17.9 Å². The molecule has 0 aliphatic heterocycles. The predicted octanol–water partition coefficient (Wildman–Crippen LogP) is 0.636. The number of hydrogen-bond donors (Lipinski definition) is 1. The van der Waals surface area contributed by atoms with E-state index in [1.807, 2.05) is 26.0 Å². The lowest BCUT2D eigenvalue weighted by atomic mass is 10.2. The Morgan fingerprint density at radius 2 is 2.00 bits per heavy atom. The number of aromatic nitrogens is 1. The van der Waals surface area contributed by atoms with Crippen molar-refractivity contribution in [1.29, 1.82) is 0 Å². The molecule has 6 nitrogen and oxygen atoms in total. The lowest BCUT2D eigenvalue weighted by Gasteiger charge is -2.10. The Balaban J connectivity index is 2.30. The Morgan fingerprint density at radius 1 is 1.26 bits per heavy atom. The average Bonchev–Trinajstić information content (AvgIpc) is 2.33. The number of aryl methyl sites for hydroxylation is 2. The maximum absolute atomic E-state index is 10.7. The molecule has 0 fully saturated rings. The van der Waals surface area contributed by atoms with Gasteiger partial charge in [0.05, 0.1) is 24.7 Å². The fourth-order valence-corrected chi connectivity index (χ4v) is 1.82. The summed E-state index contributed by atoms with van der Waals surface area (Å²) >= 11 is 0. The first-order valence-corrected chi connectivity index (χ1v) is 7.81. The van der Waals surface area contributed by atoms with Crippen LogP contribution in [0.2, 0.25) is 0 Å². The third-order valence-corrected chi connectivity index (χ3v) is 3.14. The molecule has 0 radical (unpaired) electrons. The summed E-state index contributed by atoms with van der Waals surface area (Å²) in [6.45, 7) is 4.68. The van der Waals surface area contributed by atoms with Crippen molar-refractivity contribution >= 4 is 10.0 Å². The summed E-state index contributed by atoms with van der Waals surface area (Å²) in [6, 6.07) is 3.77. The summed E-state index contributed by atoms with van der Waals surface area (Å²) in [5, 5.41) is 4.85. The molecule has 0 saturated carbocycles. The fraction of sp³-hybridized carbons (Fsp3) is 0.583. The second-order valence-corrected chi connectivity index (χ2v) is 5.81. The SMILES string of the molecule is CCc1nc(C)ccc1OCCOCCS(N)(=O)=O. The molecule has 7 heteroatoms. The lowest BCUT2D eigenvalue weighted by Crippen LogP contribution is -2.21. The van der Waals surface area contributed by atoms with Gasteiger partial charge in [-0.3, -0.25) is 4.98 Å². The molecule has 0 aromatic carbocycles. The number of hydrogen-bond acceptors (Lipinski definition) is 5. The van der Waals surface area contributed by atoms with Gasteiger partial charge >= 0.3 is 0 Å². The van der Waals surface area contributed by atoms with E-state index in [0.29, 0.717) is 13.2 Å². The number of sulfonamides is 1. The van der Waals surface area contributed by atoms with Crippen LogP contribution in [0.3, 0.4) is 0 Å². The normalized spacial score (nSPS) is 11.5. The Labute approximate surface area is 114 Å². The van der Waals surface area contributed by atoms with E-state index >= 15 is 0 Å². The highest BCUT2D eigenvalue weighted by molar-refractivity contribution is 7.89. The molecular formula is C12H20N2O4S. The fourth-order valence-electron chi connectivity index (χ4n) is 1.47. The van der Waals surface area contributed by atoms with E-state index in [9.17, 15) is 8.42 Å². The predicted molar refractivity (Wildman–Crippen MR) is 72.6 cm³/mol. The van der Waals surface area contributed by atoms with Crippen molar-refractivity contribution in [3.05, 3.63) is 23.5 Å². The van der Waals surface area contributed by atoms with Gasteiger partial charge in [-0.05, 0) is 25.5 Å². The maximum atomic E-state index is 10.7. The molecule has 1 aromatic rings. The van der Waals surface area contributed by atoms with Crippen LogP contribution < -0.4 is 9.88 Å². The smallest absolute Gasteiger partial charge is 0.211 e. The summed E-state index contributed by atoms with van der Waals surface area (Å²) in [5.41, 5.74) is 1.86. The molecule has 1 heterocycles. The molecule has 0 amide bonds. The van der Waals surface area contributed by atoms with Crippen LogP contribution in [0, 0.1) is 6.92 Å². The van der Waals surface area contributed by atoms with E-state index in [1.165, 1.54) is 0 Å². The van der Waals surface area contributed by atoms with Crippen LogP contribution in [0.25, 0.3) is 0 Å². The molecule has 108 valence electrons. The van der Waals surface area contributed by atoms with Crippen LogP contribution in [0.1, 0.15) is 18.3 Å². The number of nitrogens with zero attached hydrogens (tertiary/aromatic N) is 1. The molecule has 1 aromatic heterocycles. The van der Waals surface area contributed by atoms with Crippen molar-refractivity contribution in [3.63, 3.8) is 0 Å². The van der Waals surface area contributed by atoms with Crippen molar-refractivity contribution in [2.75, 3.05) is 25.6 Å². The number of ether oxygens (including phenoxy) is 2. The van der Waals surface area contributed by atoms with Gasteiger partial charge < -0.3 is 9.47 Å². The summed E-state index contributed by atoms with van der Waals surface area (Å²) in [4.78, 5) is 4.38. The highest BCUT2D eigenvalue weighted by Crippen LogP contribution is 2.17. The van der Waals surface area contributed by atoms with E-state index < -0.39 is 10.0 Å². The first-order chi connectivity index (χ1) is 8.92. The summed E-state index contributed by atoms with van der Waals surface area (Å²) in [5.74, 6) is 0.558. The van der Waals surface area contributed by atoms with E-state index in [0.717, 1.165) is 23.6 Å². The Morgan fingerprint density at radius 3 is 2.63 bits per heavy atom. The molecular weight excluding hydrogens is 268 g/mol. The number of nitrogens with two attached hydrogens (primary N) is 1. The van der Waals surface area contributed by atoms with E-state index in [4.69, 9.17) is 14.6 Å². The Bertz CT molecular complexity index is 502. The molecule has 0 spiro atoms. The monoisotopic (exact) mass is 288 g/mol. The number of pyridine rings is 1. The first-order valence-electron chi connectivity index (χ1n) is 6.10. The van der Waals surface area contributed by atoms with Crippen molar-refractivity contribution in [2.45, 2.75) is 20.3 Å². The third-order valence-electron chi connectivity index (χ3n) is 2.40. The van der Waals surface area contributed by atoms with Crippen LogP contribution in [-0.4, -0.2) is 39.0 Å². The molecule has 19 heavy (non-hydrogen) atoms. The molecule has 0 saturated heterocycles. The second kappa shape index (κ2) is 7.42. The second-order valence-electron chi connectivity index (χ2n) is 4.08. The Kier molecular flexibility index (Phi) is 6.20. The van der Waals surface area contributed by atoms with Gasteiger partial charge in [0.2, 0.25) is 10.0 Å². The Hall–Kier alpha value is -1.18. The zero-order valence-electron chi connectivity index (χ0n) is 11.3. The van der Waals surface area contributed by atoms with E-state index in [2.05, 4.69) is 4.98 Å². The maximum Gasteiger partial charge on any atom is 0.211 e. The van der Waals surface area contributed by atoms with Gasteiger partial charge in [0.15, 0.2) is 0 Å². The summed E-state index contributed by atoms with van der Waals surface area (Å²) in [7, 11) is -3.45. The average molecular weight is 288 g/mol. The van der Waals surface area contributed by atoms with E-state index in [1.54, 1.807) is 0 Å². The minimum Gasteiger partial charge on any atom is -0.489 e. The zero-order chi connectivity index (χ0) is 14.3. The summed E-state index contributed by atoms with van der Waals surface area (Å²) in [6.07, 6.45) is 0.795. The molecule has 0 aliphatic carbocycles. The zero-order valence-corrected chi connectivity index (χ0v) is 12.1. The quantitative estimate of drug-likeness (QED) is 0.709. The standard InChI is InChI=1S/C12H20N2O4S/c1-3-11-12(5-4-10(2)14-11)18-7-6-17-8-9-19(13,15)16/h4-5H,3,6-9H2,1-2H3,(H2,13,15,16). The van der Waals surface area contributed by atoms with Gasteiger partial charge in [-0.25, -0.2) is 13.6 Å². The topological polar surface area (TPSA) is 91.5 Å². The first kappa shape index (κ1) is 15.9. The van der Waals surface area contributed by atoms with Gasteiger partial charge in [-0.15, -0.1) is 0 Å². The molecule has 0 bridgehead atoms. The number of primary sulfonamides is 1. The van der Waals surface area contributed by atoms with Crippen LogP contribution in [-0.2, 0) is 21.2 Å². The minimum absolute atomic E-state index is 0.0783. The largest absolute Gasteiger partial charge is 0.489 e. The van der Waals surface area contributed by atoms with Crippen LogP contribution in [0.15, 0.2) is 12.1 Å². The minimum atomic E-state index is -3.45. The number of rotatable bonds is 8.